The molecule has 0 spiro atoms. The van der Waals surface area contributed by atoms with Gasteiger partial charge in [-0.15, -0.1) is 0 Å². The standard InChI is InChI=1S/C13H12FN3O/c1-7-12(5-15)18-13(17-7)10-6-16-11-4-8(14)2-3-9(10)11/h2-4,6,16H,5,15H2,1H3. The molecule has 92 valence electrons. The number of halogens is 1. The van der Waals surface area contributed by atoms with Gasteiger partial charge in [-0.3, -0.25) is 0 Å². The molecule has 2 heterocycles. The average Bonchev–Trinajstić information content (AvgIpc) is 2.91. The van der Waals surface area contributed by atoms with Crippen LogP contribution in [0.25, 0.3) is 22.4 Å². The molecule has 0 saturated carbocycles. The summed E-state index contributed by atoms with van der Waals surface area (Å²) >= 11 is 0. The Bertz CT molecular complexity index is 714. The zero-order chi connectivity index (χ0) is 12.7. The summed E-state index contributed by atoms with van der Waals surface area (Å²) in [6.07, 6.45) is 1.76. The number of fused-ring (bicyclic) bond motifs is 1. The smallest absolute Gasteiger partial charge is 0.228 e. The Morgan fingerprint density at radius 1 is 1.44 bits per heavy atom. The van der Waals surface area contributed by atoms with Crippen LogP contribution in [0.5, 0.6) is 0 Å². The Morgan fingerprint density at radius 3 is 3.00 bits per heavy atom. The van der Waals surface area contributed by atoms with Crippen molar-refractivity contribution in [2.24, 2.45) is 5.73 Å². The van der Waals surface area contributed by atoms with Gasteiger partial charge in [0, 0.05) is 17.1 Å². The molecule has 3 aromatic rings. The molecule has 0 atom stereocenters. The van der Waals surface area contributed by atoms with Gasteiger partial charge in [0.25, 0.3) is 0 Å². The molecule has 3 rings (SSSR count). The summed E-state index contributed by atoms with van der Waals surface area (Å²) in [5.74, 6) is 0.898. The summed E-state index contributed by atoms with van der Waals surface area (Å²) in [7, 11) is 0. The summed E-state index contributed by atoms with van der Waals surface area (Å²) in [6.45, 7) is 2.17. The zero-order valence-electron chi connectivity index (χ0n) is 9.83. The van der Waals surface area contributed by atoms with E-state index in [1.54, 1.807) is 12.3 Å². The van der Waals surface area contributed by atoms with E-state index in [1.165, 1.54) is 12.1 Å². The van der Waals surface area contributed by atoms with Crippen LogP contribution in [0.3, 0.4) is 0 Å². The third kappa shape index (κ3) is 1.60. The molecule has 2 aromatic heterocycles. The largest absolute Gasteiger partial charge is 0.439 e. The van der Waals surface area contributed by atoms with Gasteiger partial charge in [-0.1, -0.05) is 0 Å². The number of hydrogen-bond acceptors (Lipinski definition) is 3. The van der Waals surface area contributed by atoms with Crippen LogP contribution in [0.2, 0.25) is 0 Å². The van der Waals surface area contributed by atoms with E-state index in [0.29, 0.717) is 18.2 Å². The molecule has 0 fully saturated rings. The zero-order valence-corrected chi connectivity index (χ0v) is 9.83. The van der Waals surface area contributed by atoms with Crippen LogP contribution in [-0.2, 0) is 6.54 Å². The summed E-state index contributed by atoms with van der Waals surface area (Å²) in [4.78, 5) is 7.34. The first-order valence-electron chi connectivity index (χ1n) is 5.62. The summed E-state index contributed by atoms with van der Waals surface area (Å²) in [5, 5.41) is 0.876. The molecular formula is C13H12FN3O. The average molecular weight is 245 g/mol. The summed E-state index contributed by atoms with van der Waals surface area (Å²) in [5.41, 5.74) is 7.87. The lowest BCUT2D eigenvalue weighted by Crippen LogP contribution is -1.95. The Labute approximate surface area is 103 Å². The number of aromatic amines is 1. The molecule has 0 radical (unpaired) electrons. The fraction of sp³-hybridized carbons (Fsp3) is 0.154. The van der Waals surface area contributed by atoms with Crippen LogP contribution in [0.1, 0.15) is 11.5 Å². The van der Waals surface area contributed by atoms with Gasteiger partial charge in [-0.05, 0) is 25.1 Å². The number of H-pyrrole nitrogens is 1. The lowest BCUT2D eigenvalue weighted by molar-refractivity contribution is 0.519. The number of oxazole rings is 1. The maximum atomic E-state index is 13.1. The molecule has 0 bridgehead atoms. The van der Waals surface area contributed by atoms with Crippen molar-refractivity contribution in [2.75, 3.05) is 0 Å². The number of nitrogens with one attached hydrogen (secondary N) is 1. The van der Waals surface area contributed by atoms with Gasteiger partial charge < -0.3 is 15.1 Å². The van der Waals surface area contributed by atoms with Gasteiger partial charge in [0.2, 0.25) is 5.89 Å². The van der Waals surface area contributed by atoms with Crippen molar-refractivity contribution in [1.29, 1.82) is 0 Å². The fourth-order valence-corrected chi connectivity index (χ4v) is 2.01. The lowest BCUT2D eigenvalue weighted by Gasteiger charge is -1.93. The fourth-order valence-electron chi connectivity index (χ4n) is 2.01. The topological polar surface area (TPSA) is 67.8 Å². The number of rotatable bonds is 2. The molecule has 4 nitrogen and oxygen atoms in total. The van der Waals surface area contributed by atoms with Gasteiger partial charge in [-0.2, -0.15) is 0 Å². The first kappa shape index (κ1) is 11.0. The molecule has 0 aliphatic rings. The van der Waals surface area contributed by atoms with E-state index >= 15 is 0 Å². The molecule has 0 unspecified atom stereocenters. The quantitative estimate of drug-likeness (QED) is 0.729. The molecule has 0 aliphatic carbocycles. The van der Waals surface area contributed by atoms with Crippen molar-refractivity contribution < 1.29 is 8.81 Å². The van der Waals surface area contributed by atoms with Crippen LogP contribution in [-0.4, -0.2) is 9.97 Å². The van der Waals surface area contributed by atoms with E-state index in [4.69, 9.17) is 10.2 Å². The summed E-state index contributed by atoms with van der Waals surface area (Å²) < 4.78 is 18.7. The highest BCUT2D eigenvalue weighted by Crippen LogP contribution is 2.29. The lowest BCUT2D eigenvalue weighted by atomic mass is 10.2. The maximum Gasteiger partial charge on any atom is 0.228 e. The Morgan fingerprint density at radius 2 is 2.28 bits per heavy atom. The molecule has 18 heavy (non-hydrogen) atoms. The van der Waals surface area contributed by atoms with E-state index in [9.17, 15) is 4.39 Å². The molecule has 3 N–H and O–H groups in total. The minimum Gasteiger partial charge on any atom is -0.439 e. The van der Waals surface area contributed by atoms with Crippen molar-refractivity contribution in [1.82, 2.24) is 9.97 Å². The highest BCUT2D eigenvalue weighted by Gasteiger charge is 2.14. The molecule has 0 saturated heterocycles. The number of aromatic nitrogens is 2. The van der Waals surface area contributed by atoms with Crippen molar-refractivity contribution in [3.8, 4) is 11.5 Å². The van der Waals surface area contributed by atoms with Crippen LogP contribution in [0.4, 0.5) is 4.39 Å². The highest BCUT2D eigenvalue weighted by atomic mass is 19.1. The highest BCUT2D eigenvalue weighted by molar-refractivity contribution is 5.93. The number of nitrogens with zero attached hydrogens (tertiary/aromatic N) is 1. The van der Waals surface area contributed by atoms with Crippen LogP contribution in [0.15, 0.2) is 28.8 Å². The minimum absolute atomic E-state index is 0.276. The van der Waals surface area contributed by atoms with E-state index in [0.717, 1.165) is 22.2 Å². The first-order chi connectivity index (χ1) is 8.69. The van der Waals surface area contributed by atoms with E-state index in [1.807, 2.05) is 6.92 Å². The van der Waals surface area contributed by atoms with Gasteiger partial charge >= 0.3 is 0 Å². The van der Waals surface area contributed by atoms with Gasteiger partial charge in [0.15, 0.2) is 0 Å². The molecule has 0 aliphatic heterocycles. The molecule has 5 heteroatoms. The Hall–Kier alpha value is -2.14. The van der Waals surface area contributed by atoms with Crippen molar-refractivity contribution >= 4 is 10.9 Å². The predicted octanol–water partition coefficient (Wildman–Crippen LogP) is 2.73. The second-order valence-electron chi connectivity index (χ2n) is 4.12. The molecular weight excluding hydrogens is 233 g/mol. The van der Waals surface area contributed by atoms with E-state index < -0.39 is 0 Å². The van der Waals surface area contributed by atoms with E-state index in [-0.39, 0.29) is 5.82 Å². The van der Waals surface area contributed by atoms with Crippen molar-refractivity contribution in [3.05, 3.63) is 41.7 Å². The van der Waals surface area contributed by atoms with Crippen LogP contribution >= 0.6 is 0 Å². The Kier molecular flexibility index (Phi) is 2.41. The van der Waals surface area contributed by atoms with Crippen molar-refractivity contribution in [2.45, 2.75) is 13.5 Å². The maximum absolute atomic E-state index is 13.1. The van der Waals surface area contributed by atoms with Gasteiger partial charge in [0.1, 0.15) is 11.6 Å². The normalized spacial score (nSPS) is 11.3. The number of aryl methyl sites for hydroxylation is 1. The SMILES string of the molecule is Cc1nc(-c2c[nH]c3cc(F)ccc23)oc1CN. The molecule has 1 aromatic carbocycles. The third-order valence-corrected chi connectivity index (χ3v) is 2.95. The summed E-state index contributed by atoms with van der Waals surface area (Å²) in [6, 6.07) is 4.57. The second kappa shape index (κ2) is 3.96. The number of nitrogens with two attached hydrogens (primary N) is 1. The minimum atomic E-state index is -0.276. The Balaban J connectivity index is 2.19. The van der Waals surface area contributed by atoms with E-state index in [2.05, 4.69) is 9.97 Å². The third-order valence-electron chi connectivity index (χ3n) is 2.95. The second-order valence-corrected chi connectivity index (χ2v) is 4.12. The van der Waals surface area contributed by atoms with Gasteiger partial charge in [-0.25, -0.2) is 9.37 Å². The monoisotopic (exact) mass is 245 g/mol. The van der Waals surface area contributed by atoms with Crippen LogP contribution in [0, 0.1) is 12.7 Å². The van der Waals surface area contributed by atoms with Gasteiger partial charge in [0.05, 0.1) is 17.8 Å². The number of benzene rings is 1. The van der Waals surface area contributed by atoms with Crippen molar-refractivity contribution in [3.63, 3.8) is 0 Å². The van der Waals surface area contributed by atoms with Crippen LogP contribution < -0.4 is 5.73 Å². The number of hydrogen-bond donors (Lipinski definition) is 2. The predicted molar refractivity (Wildman–Crippen MR) is 66.4 cm³/mol. The molecule has 0 amide bonds. The first-order valence-corrected chi connectivity index (χ1v) is 5.62.